The van der Waals surface area contributed by atoms with Gasteiger partial charge >= 0.3 is 23.9 Å². The quantitative estimate of drug-likeness (QED) is 0.694. The molecule has 0 unspecified atom stereocenters. The minimum absolute atomic E-state index is 0. The summed E-state index contributed by atoms with van der Waals surface area (Å²) >= 11 is 0. The molecule has 0 atom stereocenters. The van der Waals surface area contributed by atoms with Crippen LogP contribution in [-0.2, 0) is 0 Å². The van der Waals surface area contributed by atoms with E-state index < -0.39 is 11.9 Å². The third-order valence-corrected chi connectivity index (χ3v) is 2.65. The van der Waals surface area contributed by atoms with Crippen molar-refractivity contribution in [1.29, 1.82) is 0 Å². The first-order valence-corrected chi connectivity index (χ1v) is 5.97. The van der Waals surface area contributed by atoms with Crippen LogP contribution in [0, 0.1) is 13.8 Å². The zero-order valence-corrected chi connectivity index (χ0v) is 14.6. The van der Waals surface area contributed by atoms with E-state index in [1.807, 2.05) is 6.92 Å². The molecule has 21 heavy (non-hydrogen) atoms. The summed E-state index contributed by atoms with van der Waals surface area (Å²) in [4.78, 5) is 20.5. The molecule has 0 amide bonds. The predicted molar refractivity (Wildman–Crippen MR) is 76.8 cm³/mol. The Bertz CT molecular complexity index is 606. The summed E-state index contributed by atoms with van der Waals surface area (Å²) in [6.07, 6.45) is 0. The van der Waals surface area contributed by atoms with Gasteiger partial charge in [-0.25, -0.2) is 0 Å². The SMILES string of the molecule is Cc1ccc(C(=O)[O-])cc1.Cc1ccccc1C(=O)[O-].[Sn+2]. The Balaban J connectivity index is 0.000000364. The Labute approximate surface area is 140 Å². The van der Waals surface area contributed by atoms with Gasteiger partial charge in [0, 0.05) is 5.56 Å². The average molecular weight is 389 g/mol. The molecule has 0 aliphatic heterocycles. The van der Waals surface area contributed by atoms with Gasteiger partial charge in [-0.15, -0.1) is 0 Å². The fourth-order valence-electron chi connectivity index (χ4n) is 1.49. The van der Waals surface area contributed by atoms with Crippen LogP contribution in [0.3, 0.4) is 0 Å². The second-order valence-corrected chi connectivity index (χ2v) is 4.26. The van der Waals surface area contributed by atoms with Crippen LogP contribution in [0.2, 0.25) is 0 Å². The number of aryl methyl sites for hydroxylation is 2. The Morgan fingerprint density at radius 3 is 1.71 bits per heavy atom. The molecule has 0 saturated heterocycles. The van der Waals surface area contributed by atoms with Crippen LogP contribution in [0.25, 0.3) is 0 Å². The van der Waals surface area contributed by atoms with E-state index in [0.29, 0.717) is 0 Å². The van der Waals surface area contributed by atoms with Crippen LogP contribution in [0.5, 0.6) is 0 Å². The summed E-state index contributed by atoms with van der Waals surface area (Å²) < 4.78 is 0. The molecule has 2 aromatic carbocycles. The minimum atomic E-state index is -1.12. The molecule has 2 rings (SSSR count). The van der Waals surface area contributed by atoms with Crippen LogP contribution < -0.4 is 10.2 Å². The van der Waals surface area contributed by atoms with E-state index in [-0.39, 0.29) is 35.0 Å². The second-order valence-electron chi connectivity index (χ2n) is 4.26. The fourth-order valence-corrected chi connectivity index (χ4v) is 1.49. The standard InChI is InChI=1S/2C8H8O2.Sn/c1-6-2-4-7(5-3-6)8(9)10;1-6-4-2-3-5-7(6)8(9)10;/h2*2-5H,1H3,(H,9,10);/q;;+2/p-2. The summed E-state index contributed by atoms with van der Waals surface area (Å²) in [6.45, 7) is 3.64. The van der Waals surface area contributed by atoms with Gasteiger partial charge < -0.3 is 19.8 Å². The van der Waals surface area contributed by atoms with E-state index >= 15 is 0 Å². The first-order chi connectivity index (χ1) is 9.41. The first-order valence-electron chi connectivity index (χ1n) is 5.97. The van der Waals surface area contributed by atoms with Crippen molar-refractivity contribution < 1.29 is 19.8 Å². The molecule has 0 heterocycles. The van der Waals surface area contributed by atoms with Gasteiger partial charge in [0.05, 0.1) is 11.9 Å². The van der Waals surface area contributed by atoms with Crippen molar-refractivity contribution in [2.45, 2.75) is 13.8 Å². The number of hydrogen-bond acceptors (Lipinski definition) is 4. The maximum atomic E-state index is 10.3. The molecular formula is C16H14O4Sn. The monoisotopic (exact) mass is 390 g/mol. The zero-order valence-electron chi connectivity index (χ0n) is 11.8. The molecule has 106 valence electrons. The normalized spacial score (nSPS) is 8.86. The van der Waals surface area contributed by atoms with Crippen LogP contribution in [0.1, 0.15) is 31.8 Å². The number of hydrogen-bond donors (Lipinski definition) is 0. The molecule has 0 fully saturated rings. The predicted octanol–water partition coefficient (Wildman–Crippen LogP) is 0.336. The summed E-state index contributed by atoms with van der Waals surface area (Å²) in [5.41, 5.74) is 2.28. The third kappa shape index (κ3) is 6.44. The van der Waals surface area contributed by atoms with Crippen LogP contribution in [0.15, 0.2) is 48.5 Å². The molecule has 4 nitrogen and oxygen atoms in total. The smallest absolute Gasteiger partial charge is 0.545 e. The topological polar surface area (TPSA) is 80.3 Å². The van der Waals surface area contributed by atoms with Crippen molar-refractivity contribution >= 4 is 35.8 Å². The maximum Gasteiger partial charge on any atom is 2.00 e. The summed E-state index contributed by atoms with van der Waals surface area (Å²) in [5.74, 6) is -2.24. The van der Waals surface area contributed by atoms with E-state index in [1.165, 1.54) is 18.2 Å². The van der Waals surface area contributed by atoms with Crippen LogP contribution in [-0.4, -0.2) is 35.8 Å². The Hall–Kier alpha value is -1.82. The van der Waals surface area contributed by atoms with Gasteiger partial charge in [-0.05, 0) is 25.0 Å². The number of carboxylic acid groups (broad SMARTS) is 2. The fraction of sp³-hybridized carbons (Fsp3) is 0.125. The van der Waals surface area contributed by atoms with Crippen LogP contribution >= 0.6 is 0 Å². The van der Waals surface area contributed by atoms with Gasteiger partial charge in [0.1, 0.15) is 0 Å². The molecule has 0 aliphatic carbocycles. The zero-order chi connectivity index (χ0) is 15.1. The largest absolute Gasteiger partial charge is 2.00 e. The molecule has 2 radical (unpaired) electrons. The molecule has 0 bridgehead atoms. The molecule has 5 heteroatoms. The Morgan fingerprint density at radius 2 is 1.33 bits per heavy atom. The summed E-state index contributed by atoms with van der Waals surface area (Å²) in [5, 5.41) is 20.5. The molecule has 0 saturated carbocycles. The minimum Gasteiger partial charge on any atom is -0.545 e. The number of carbonyl (C=O) groups is 2. The summed E-state index contributed by atoms with van der Waals surface area (Å²) in [6, 6.07) is 13.3. The van der Waals surface area contributed by atoms with Crippen molar-refractivity contribution in [1.82, 2.24) is 0 Å². The summed E-state index contributed by atoms with van der Waals surface area (Å²) in [7, 11) is 0. The van der Waals surface area contributed by atoms with Gasteiger partial charge in [0.25, 0.3) is 0 Å². The van der Waals surface area contributed by atoms with Gasteiger partial charge in [0.15, 0.2) is 0 Å². The Morgan fingerprint density at radius 1 is 0.810 bits per heavy atom. The van der Waals surface area contributed by atoms with Crippen molar-refractivity contribution in [3.63, 3.8) is 0 Å². The molecule has 2 aromatic rings. The maximum absolute atomic E-state index is 10.3. The number of aromatic carboxylic acids is 2. The first kappa shape index (κ1) is 19.2. The van der Waals surface area contributed by atoms with Crippen molar-refractivity contribution in [2.24, 2.45) is 0 Å². The average Bonchev–Trinajstić information content (AvgIpc) is 2.40. The van der Waals surface area contributed by atoms with E-state index in [9.17, 15) is 19.8 Å². The molecule has 0 N–H and O–H groups in total. The molecule has 0 aromatic heterocycles. The molecule has 0 spiro atoms. The van der Waals surface area contributed by atoms with E-state index in [0.717, 1.165) is 11.1 Å². The van der Waals surface area contributed by atoms with E-state index in [4.69, 9.17) is 0 Å². The van der Waals surface area contributed by atoms with Crippen molar-refractivity contribution in [2.75, 3.05) is 0 Å². The number of carbonyl (C=O) groups excluding carboxylic acids is 2. The molecule has 0 aliphatic rings. The van der Waals surface area contributed by atoms with Crippen molar-refractivity contribution in [3.8, 4) is 0 Å². The number of benzene rings is 2. The van der Waals surface area contributed by atoms with E-state index in [2.05, 4.69) is 0 Å². The molecular weight excluding hydrogens is 375 g/mol. The second kappa shape index (κ2) is 9.18. The van der Waals surface area contributed by atoms with Crippen LogP contribution in [0.4, 0.5) is 0 Å². The van der Waals surface area contributed by atoms with E-state index in [1.54, 1.807) is 37.3 Å². The number of carboxylic acids is 2. The van der Waals surface area contributed by atoms with Gasteiger partial charge in [-0.1, -0.05) is 54.1 Å². The third-order valence-electron chi connectivity index (χ3n) is 2.65. The Kier molecular flexibility index (Phi) is 8.38. The van der Waals surface area contributed by atoms with Crippen molar-refractivity contribution in [3.05, 3.63) is 70.8 Å². The van der Waals surface area contributed by atoms with Gasteiger partial charge in [0.2, 0.25) is 0 Å². The van der Waals surface area contributed by atoms with Gasteiger partial charge in [-0.3, -0.25) is 0 Å². The number of rotatable bonds is 2. The van der Waals surface area contributed by atoms with Gasteiger partial charge in [-0.2, -0.15) is 0 Å².